The Morgan fingerprint density at radius 3 is 2.83 bits per heavy atom. The summed E-state index contributed by atoms with van der Waals surface area (Å²) < 4.78 is 5.84. The number of hydrogen-bond acceptors (Lipinski definition) is 3. The molecule has 2 unspecified atom stereocenters. The van der Waals surface area contributed by atoms with Gasteiger partial charge in [-0.15, -0.1) is 0 Å². The lowest BCUT2D eigenvalue weighted by molar-refractivity contribution is -0.128. The fourth-order valence-corrected chi connectivity index (χ4v) is 3.14. The zero-order valence-corrected chi connectivity index (χ0v) is 14.6. The summed E-state index contributed by atoms with van der Waals surface area (Å²) in [6, 6.07) is 7.88. The molecule has 0 heterocycles. The highest BCUT2D eigenvalue weighted by atomic mass is 16.5. The maximum absolute atomic E-state index is 12.5. The minimum atomic E-state index is -0.393. The van der Waals surface area contributed by atoms with Gasteiger partial charge in [0, 0.05) is 17.6 Å². The zero-order chi connectivity index (χ0) is 16.9. The first kappa shape index (κ1) is 17.8. The summed E-state index contributed by atoms with van der Waals surface area (Å²) in [6.45, 7) is 7.40. The van der Waals surface area contributed by atoms with E-state index in [0.717, 1.165) is 37.0 Å². The van der Waals surface area contributed by atoms with E-state index in [9.17, 15) is 4.79 Å². The topological polar surface area (TPSA) is 64.3 Å². The summed E-state index contributed by atoms with van der Waals surface area (Å²) in [4.78, 5) is 12.5. The zero-order valence-electron chi connectivity index (χ0n) is 14.6. The Hall–Kier alpha value is -1.55. The molecule has 4 heteroatoms. The smallest absolute Gasteiger partial charge is 0.225 e. The van der Waals surface area contributed by atoms with Crippen LogP contribution in [0.5, 0.6) is 5.75 Å². The van der Waals surface area contributed by atoms with Gasteiger partial charge in [-0.1, -0.05) is 44.9 Å². The normalized spacial score (nSPS) is 24.5. The largest absolute Gasteiger partial charge is 0.493 e. The highest BCUT2D eigenvalue weighted by molar-refractivity contribution is 5.80. The molecule has 1 saturated carbocycles. The van der Waals surface area contributed by atoms with Crippen LogP contribution < -0.4 is 15.8 Å². The Morgan fingerprint density at radius 1 is 1.39 bits per heavy atom. The highest BCUT2D eigenvalue weighted by Gasteiger charge is 2.37. The Kier molecular flexibility index (Phi) is 6.05. The molecule has 1 fully saturated rings. The van der Waals surface area contributed by atoms with E-state index in [2.05, 4.69) is 19.2 Å². The molecule has 1 aromatic carbocycles. The number of para-hydroxylation sites is 1. The van der Waals surface area contributed by atoms with Gasteiger partial charge in [0.05, 0.1) is 12.5 Å². The molecule has 1 aromatic rings. The fourth-order valence-electron chi connectivity index (χ4n) is 3.14. The van der Waals surface area contributed by atoms with Gasteiger partial charge in [-0.25, -0.2) is 0 Å². The van der Waals surface area contributed by atoms with Crippen molar-refractivity contribution in [3.8, 4) is 5.75 Å². The van der Waals surface area contributed by atoms with Gasteiger partial charge in [0.15, 0.2) is 0 Å². The summed E-state index contributed by atoms with van der Waals surface area (Å²) in [5.41, 5.74) is 6.93. The van der Waals surface area contributed by atoms with Gasteiger partial charge in [0.25, 0.3) is 0 Å². The first-order valence-electron chi connectivity index (χ1n) is 8.67. The fraction of sp³-hybridized carbons (Fsp3) is 0.632. The molecule has 23 heavy (non-hydrogen) atoms. The second-order valence-corrected chi connectivity index (χ2v) is 7.33. The van der Waals surface area contributed by atoms with Crippen LogP contribution in [0.1, 0.15) is 52.0 Å². The molecule has 0 aromatic heterocycles. The Morgan fingerprint density at radius 2 is 2.13 bits per heavy atom. The van der Waals surface area contributed by atoms with Crippen molar-refractivity contribution >= 4 is 5.91 Å². The van der Waals surface area contributed by atoms with Gasteiger partial charge in [0.1, 0.15) is 5.75 Å². The van der Waals surface area contributed by atoms with Crippen LogP contribution >= 0.6 is 0 Å². The maximum Gasteiger partial charge on any atom is 0.225 e. The molecule has 4 nitrogen and oxygen atoms in total. The third kappa shape index (κ3) is 4.96. The van der Waals surface area contributed by atoms with Gasteiger partial charge in [-0.05, 0) is 31.7 Å². The first-order valence-corrected chi connectivity index (χ1v) is 8.67. The molecule has 3 N–H and O–H groups in total. The Labute approximate surface area is 139 Å². The third-order valence-electron chi connectivity index (χ3n) is 4.57. The number of carbonyl (C=O) groups excluding carboxylic acids is 1. The van der Waals surface area contributed by atoms with Crippen LogP contribution in [0, 0.1) is 11.8 Å². The quantitative estimate of drug-likeness (QED) is 0.846. The lowest BCUT2D eigenvalue weighted by Gasteiger charge is -2.37. The molecule has 128 valence electrons. The number of carbonyl (C=O) groups is 1. The van der Waals surface area contributed by atoms with Gasteiger partial charge < -0.3 is 15.8 Å². The predicted molar refractivity (Wildman–Crippen MR) is 93.2 cm³/mol. The van der Waals surface area contributed by atoms with Crippen LogP contribution in [0.15, 0.2) is 24.3 Å². The van der Waals surface area contributed by atoms with Gasteiger partial charge in [0.2, 0.25) is 5.91 Å². The molecule has 0 saturated heterocycles. The lowest BCUT2D eigenvalue weighted by Crippen LogP contribution is -2.52. The van der Waals surface area contributed by atoms with Crippen molar-refractivity contribution in [1.29, 1.82) is 0 Å². The van der Waals surface area contributed by atoms with E-state index in [-0.39, 0.29) is 11.8 Å². The van der Waals surface area contributed by atoms with Crippen LogP contribution in [-0.4, -0.2) is 18.1 Å². The number of benzene rings is 1. The molecule has 1 aliphatic carbocycles. The molecule has 1 amide bonds. The standard InChI is InChI=1S/C19H30N2O2/c1-14(2)13-23-17-10-5-4-8-15(17)12-21-18(22)16-9-6-7-11-19(16,3)20/h4-5,8,10,14,16H,6-7,9,11-13,20H2,1-3H3,(H,21,22). The van der Waals surface area contributed by atoms with E-state index >= 15 is 0 Å². The van der Waals surface area contributed by atoms with Gasteiger partial charge >= 0.3 is 0 Å². The van der Waals surface area contributed by atoms with Crippen molar-refractivity contribution in [2.45, 2.75) is 58.5 Å². The monoisotopic (exact) mass is 318 g/mol. The van der Waals surface area contributed by atoms with Crippen molar-refractivity contribution in [1.82, 2.24) is 5.32 Å². The summed E-state index contributed by atoms with van der Waals surface area (Å²) >= 11 is 0. The van der Waals surface area contributed by atoms with Crippen LogP contribution in [0.25, 0.3) is 0 Å². The van der Waals surface area contributed by atoms with Crippen molar-refractivity contribution in [2.75, 3.05) is 6.61 Å². The van der Waals surface area contributed by atoms with E-state index in [4.69, 9.17) is 10.5 Å². The van der Waals surface area contributed by atoms with E-state index in [1.165, 1.54) is 0 Å². The highest BCUT2D eigenvalue weighted by Crippen LogP contribution is 2.31. The lowest BCUT2D eigenvalue weighted by atomic mass is 9.74. The number of ether oxygens (including phenoxy) is 1. The van der Waals surface area contributed by atoms with E-state index in [1.54, 1.807) is 0 Å². The second-order valence-electron chi connectivity index (χ2n) is 7.33. The Bertz CT molecular complexity index is 526. The van der Waals surface area contributed by atoms with Crippen LogP contribution in [-0.2, 0) is 11.3 Å². The second kappa shape index (κ2) is 7.82. The molecular weight excluding hydrogens is 288 g/mol. The molecule has 0 bridgehead atoms. The first-order chi connectivity index (χ1) is 10.9. The van der Waals surface area contributed by atoms with Crippen molar-refractivity contribution in [3.05, 3.63) is 29.8 Å². The molecule has 0 spiro atoms. The number of nitrogens with one attached hydrogen (secondary N) is 1. The van der Waals surface area contributed by atoms with Gasteiger partial charge in [-0.2, -0.15) is 0 Å². The van der Waals surface area contributed by atoms with Crippen molar-refractivity contribution in [2.24, 2.45) is 17.6 Å². The SMILES string of the molecule is CC(C)COc1ccccc1CNC(=O)C1CCCCC1(C)N. The molecule has 0 aliphatic heterocycles. The predicted octanol–water partition coefficient (Wildman–Crippen LogP) is 3.25. The van der Waals surface area contributed by atoms with E-state index in [1.807, 2.05) is 31.2 Å². The molecule has 2 atom stereocenters. The molecule has 0 radical (unpaired) electrons. The van der Waals surface area contributed by atoms with E-state index in [0.29, 0.717) is 19.1 Å². The van der Waals surface area contributed by atoms with Crippen molar-refractivity contribution < 1.29 is 9.53 Å². The summed E-state index contributed by atoms with van der Waals surface area (Å²) in [7, 11) is 0. The summed E-state index contributed by atoms with van der Waals surface area (Å²) in [5.74, 6) is 1.28. The number of hydrogen-bond donors (Lipinski definition) is 2. The van der Waals surface area contributed by atoms with Gasteiger partial charge in [-0.3, -0.25) is 4.79 Å². The van der Waals surface area contributed by atoms with Crippen LogP contribution in [0.2, 0.25) is 0 Å². The minimum absolute atomic E-state index is 0.0633. The summed E-state index contributed by atoms with van der Waals surface area (Å²) in [5, 5.41) is 3.05. The average Bonchev–Trinajstić information content (AvgIpc) is 2.51. The molecular formula is C19H30N2O2. The molecule has 2 rings (SSSR count). The van der Waals surface area contributed by atoms with Crippen LogP contribution in [0.4, 0.5) is 0 Å². The maximum atomic E-state index is 12.5. The van der Waals surface area contributed by atoms with Crippen LogP contribution in [0.3, 0.4) is 0 Å². The third-order valence-corrected chi connectivity index (χ3v) is 4.57. The van der Waals surface area contributed by atoms with Crippen molar-refractivity contribution in [3.63, 3.8) is 0 Å². The number of rotatable bonds is 6. The average molecular weight is 318 g/mol. The molecule has 1 aliphatic rings. The Balaban J connectivity index is 1.96. The minimum Gasteiger partial charge on any atom is -0.493 e. The number of amides is 1. The van der Waals surface area contributed by atoms with E-state index < -0.39 is 5.54 Å². The number of nitrogens with two attached hydrogens (primary N) is 1. The summed E-state index contributed by atoms with van der Waals surface area (Å²) in [6.07, 6.45) is 3.99.